The minimum absolute atomic E-state index is 0.592. The lowest BCUT2D eigenvalue weighted by Crippen LogP contribution is -2.00. The van der Waals surface area contributed by atoms with Gasteiger partial charge < -0.3 is 0 Å². The molecule has 0 N–H and O–H groups in total. The summed E-state index contributed by atoms with van der Waals surface area (Å²) < 4.78 is 0. The molecule has 0 saturated heterocycles. The van der Waals surface area contributed by atoms with Gasteiger partial charge in [0.05, 0.1) is 0 Å². The van der Waals surface area contributed by atoms with Gasteiger partial charge in [-0.25, -0.2) is 59.8 Å². The van der Waals surface area contributed by atoms with Crippen LogP contribution in [-0.2, 0) is 0 Å². The smallest absolute Gasteiger partial charge is 0.164 e. The van der Waals surface area contributed by atoms with Crippen LogP contribution >= 0.6 is 0 Å². The molecular formula is C120H80N12. The Morgan fingerprint density at radius 1 is 0.0682 bits per heavy atom. The molecule has 22 aromatic rings. The Labute approximate surface area is 765 Å². The predicted octanol–water partition coefficient (Wildman–Crippen LogP) is 29.5. The van der Waals surface area contributed by atoms with E-state index in [0.29, 0.717) is 69.9 Å². The largest absolute Gasteiger partial charge is 0.208 e. The van der Waals surface area contributed by atoms with Gasteiger partial charge in [0, 0.05) is 66.8 Å². The van der Waals surface area contributed by atoms with Gasteiger partial charge in [0.2, 0.25) is 0 Å². The number of hydrogen-bond acceptors (Lipinski definition) is 12. The van der Waals surface area contributed by atoms with Crippen LogP contribution in [0, 0.1) is 0 Å². The lowest BCUT2D eigenvalue weighted by atomic mass is 9.95. The Morgan fingerprint density at radius 3 is 0.379 bits per heavy atom. The average molecular weight is 1690 g/mol. The van der Waals surface area contributed by atoms with E-state index in [2.05, 4.69) is 261 Å². The van der Waals surface area contributed by atoms with Crippen LogP contribution < -0.4 is 0 Å². The molecule has 0 spiro atoms. The average Bonchev–Trinajstić information content (AvgIpc) is 0.856. The van der Waals surface area contributed by atoms with E-state index in [1.54, 1.807) is 0 Å². The molecule has 0 atom stereocenters. The Morgan fingerprint density at radius 2 is 0.174 bits per heavy atom. The van der Waals surface area contributed by atoms with E-state index in [1.165, 1.54) is 11.1 Å². The summed E-state index contributed by atoms with van der Waals surface area (Å²) in [7, 11) is 0. The summed E-state index contributed by atoms with van der Waals surface area (Å²) in [6.07, 6.45) is 0. The van der Waals surface area contributed by atoms with E-state index in [4.69, 9.17) is 59.8 Å². The third-order valence-electron chi connectivity index (χ3n) is 23.1. The second-order valence-electron chi connectivity index (χ2n) is 32.0. The van der Waals surface area contributed by atoms with Gasteiger partial charge in [-0.15, -0.1) is 0 Å². The zero-order valence-corrected chi connectivity index (χ0v) is 71.6. The summed E-state index contributed by atoms with van der Waals surface area (Å²) in [5.41, 5.74) is 28.6. The molecule has 620 valence electrons. The molecule has 4 heterocycles. The third kappa shape index (κ3) is 18.4. The molecule has 0 fully saturated rings. The molecule has 22 rings (SSSR count). The van der Waals surface area contributed by atoms with Crippen molar-refractivity contribution in [2.75, 3.05) is 0 Å². The Hall–Kier alpha value is -18.0. The highest BCUT2D eigenvalue weighted by atomic mass is 15.1. The second kappa shape index (κ2) is 37.7. The second-order valence-corrected chi connectivity index (χ2v) is 32.0. The number of nitrogens with zero attached hydrogens (tertiary/aromatic N) is 12. The van der Waals surface area contributed by atoms with Crippen molar-refractivity contribution in [3.05, 3.63) is 485 Å². The maximum atomic E-state index is 5.24. The summed E-state index contributed by atoms with van der Waals surface area (Å²) in [6.45, 7) is 0. The van der Waals surface area contributed by atoms with Gasteiger partial charge in [0.25, 0.3) is 0 Å². The van der Waals surface area contributed by atoms with Gasteiger partial charge in [0.15, 0.2) is 69.9 Å². The molecule has 12 heteroatoms. The third-order valence-corrected chi connectivity index (χ3v) is 23.1. The van der Waals surface area contributed by atoms with E-state index in [9.17, 15) is 0 Å². The molecule has 18 aromatic carbocycles. The quantitative estimate of drug-likeness (QED) is 0.0713. The van der Waals surface area contributed by atoms with Crippen molar-refractivity contribution in [2.24, 2.45) is 0 Å². The zero-order valence-electron chi connectivity index (χ0n) is 71.6. The highest BCUT2D eigenvalue weighted by molar-refractivity contribution is 5.85. The van der Waals surface area contributed by atoms with E-state index in [0.717, 1.165) is 145 Å². The van der Waals surface area contributed by atoms with Crippen LogP contribution in [0.3, 0.4) is 0 Å². The predicted molar refractivity (Wildman–Crippen MR) is 535 cm³/mol. The Kier molecular flexibility index (Phi) is 23.1. The molecule has 0 radical (unpaired) electrons. The van der Waals surface area contributed by atoms with Crippen LogP contribution in [0.25, 0.3) is 226 Å². The van der Waals surface area contributed by atoms with E-state index in [-0.39, 0.29) is 0 Å². The molecule has 0 aliphatic rings. The topological polar surface area (TPSA) is 155 Å². The van der Waals surface area contributed by atoms with Gasteiger partial charge in [0.1, 0.15) is 0 Å². The van der Waals surface area contributed by atoms with Crippen molar-refractivity contribution in [3.63, 3.8) is 0 Å². The fourth-order valence-electron chi connectivity index (χ4n) is 16.4. The lowest BCUT2D eigenvalue weighted by Gasteiger charge is -2.13. The standard InChI is InChI=1S/C66H44N6.C54H36N6/c1-6-20-45(21-7-1)58-42-59(46-22-8-2-9-23-46)44-60(43-58)66-71-63(49-28-14-5-15-29-49)70-65(72-66)57-37-19-35-55(41-57)53-33-17-31-51(39-53)50-30-16-32-52(38-50)54-34-18-36-56(40-54)64-68-61(47-24-10-3-11-25-47)67-62(69-64)48-26-12-4-13-27-48;1-5-16-37(17-6-1)43-24-13-25-44(34-43)38-30-32-42(33-31-38)52-56-51(41-22-11-4-12-23-41)59-54(60-52)48-29-15-27-46(36-48)45-26-14-28-47(35-45)53-57-49(39-18-7-2-8-19-39)55-50(58-53)40-20-9-3-10-21-40/h1-44H;1-36H. The Balaban J connectivity index is 0.000000162. The molecule has 0 amide bonds. The first-order valence-electron chi connectivity index (χ1n) is 43.9. The first kappa shape index (κ1) is 81.1. The van der Waals surface area contributed by atoms with Gasteiger partial charge in [-0.1, -0.05) is 425 Å². The molecular weight excluding hydrogens is 1610 g/mol. The first-order valence-corrected chi connectivity index (χ1v) is 43.9. The molecule has 0 aliphatic carbocycles. The van der Waals surface area contributed by atoms with Crippen molar-refractivity contribution in [1.29, 1.82) is 0 Å². The summed E-state index contributed by atoms with van der Waals surface area (Å²) in [6, 6.07) is 166. The zero-order chi connectivity index (χ0) is 88.1. The monoisotopic (exact) mass is 1690 g/mol. The number of hydrogen-bond donors (Lipinski definition) is 0. The fourth-order valence-corrected chi connectivity index (χ4v) is 16.4. The van der Waals surface area contributed by atoms with Crippen LogP contribution in [0.1, 0.15) is 0 Å². The Bertz CT molecular complexity index is 7660. The summed E-state index contributed by atoms with van der Waals surface area (Å²) in [5, 5.41) is 0. The number of benzene rings is 18. The highest BCUT2D eigenvalue weighted by Crippen LogP contribution is 2.40. The van der Waals surface area contributed by atoms with Gasteiger partial charge >= 0.3 is 0 Å². The summed E-state index contributed by atoms with van der Waals surface area (Å²) in [5.74, 6) is 7.37. The molecule has 0 aliphatic heterocycles. The number of aromatic nitrogens is 12. The van der Waals surface area contributed by atoms with Crippen molar-refractivity contribution in [3.8, 4) is 226 Å². The molecule has 0 bridgehead atoms. The lowest BCUT2D eigenvalue weighted by molar-refractivity contribution is 1.07. The SMILES string of the molecule is c1ccc(-c2cc(-c3ccccc3)cc(-c3nc(-c4ccccc4)nc(-c4cccc(-c5cccc(-c6cccc(-c7cccc(-c8nc(-c9ccccc9)nc(-c9ccccc9)n8)c7)c6)c5)c4)n3)c2)cc1.c1ccc(-c2cccc(-c3ccc(-c4nc(-c5ccccc5)nc(-c5cccc(-c6cccc(-c7nc(-c8ccccc8)nc(-c8ccccc8)n7)c6)c5)n4)cc3)c2)cc1. The van der Waals surface area contributed by atoms with Crippen LogP contribution in [0.2, 0.25) is 0 Å². The van der Waals surface area contributed by atoms with Crippen LogP contribution in [0.5, 0.6) is 0 Å². The minimum atomic E-state index is 0.592. The molecule has 0 unspecified atom stereocenters. The van der Waals surface area contributed by atoms with Crippen molar-refractivity contribution in [1.82, 2.24) is 59.8 Å². The van der Waals surface area contributed by atoms with Gasteiger partial charge in [-0.05, 0) is 150 Å². The highest BCUT2D eigenvalue weighted by Gasteiger charge is 2.22. The van der Waals surface area contributed by atoms with E-state index < -0.39 is 0 Å². The first-order chi connectivity index (χ1) is 65.3. The van der Waals surface area contributed by atoms with Crippen molar-refractivity contribution in [2.45, 2.75) is 0 Å². The van der Waals surface area contributed by atoms with Crippen LogP contribution in [-0.4, -0.2) is 59.8 Å². The van der Waals surface area contributed by atoms with Crippen LogP contribution in [0.15, 0.2) is 485 Å². The maximum Gasteiger partial charge on any atom is 0.164 e. The van der Waals surface area contributed by atoms with E-state index >= 15 is 0 Å². The minimum Gasteiger partial charge on any atom is -0.208 e. The summed E-state index contributed by atoms with van der Waals surface area (Å²) in [4.78, 5) is 60.3. The van der Waals surface area contributed by atoms with Crippen molar-refractivity contribution >= 4 is 0 Å². The molecule has 12 nitrogen and oxygen atoms in total. The number of rotatable bonds is 20. The van der Waals surface area contributed by atoms with Gasteiger partial charge in [-0.3, -0.25) is 0 Å². The van der Waals surface area contributed by atoms with Crippen LogP contribution in [0.4, 0.5) is 0 Å². The van der Waals surface area contributed by atoms with E-state index in [1.807, 2.05) is 224 Å². The molecule has 0 saturated carbocycles. The van der Waals surface area contributed by atoms with Crippen molar-refractivity contribution < 1.29 is 0 Å². The maximum absolute atomic E-state index is 5.24. The normalized spacial score (nSPS) is 11.0. The molecule has 4 aromatic heterocycles. The fraction of sp³-hybridized carbons (Fsp3) is 0. The molecule has 132 heavy (non-hydrogen) atoms. The van der Waals surface area contributed by atoms with Gasteiger partial charge in [-0.2, -0.15) is 0 Å². The summed E-state index contributed by atoms with van der Waals surface area (Å²) >= 11 is 0.